The molecule has 0 N–H and O–H groups in total. The Morgan fingerprint density at radius 3 is 2.58 bits per heavy atom. The van der Waals surface area contributed by atoms with E-state index in [1.807, 2.05) is 31.4 Å². The number of nitrogens with zero attached hydrogens (tertiary/aromatic N) is 1. The molecule has 5 nitrogen and oxygen atoms in total. The molecule has 1 unspecified atom stereocenters. The van der Waals surface area contributed by atoms with Crippen LogP contribution in [0.25, 0.3) is 0 Å². The van der Waals surface area contributed by atoms with E-state index in [0.29, 0.717) is 24.6 Å². The molecular weight excluding hydrogens is 346 g/mol. The van der Waals surface area contributed by atoms with Crippen LogP contribution in [0.3, 0.4) is 0 Å². The maximum atomic E-state index is 13.0. The number of aryl methyl sites for hydroxylation is 2. The van der Waals surface area contributed by atoms with E-state index in [1.165, 1.54) is 4.31 Å². The predicted molar refractivity (Wildman–Crippen MR) is 94.2 cm³/mol. The molecule has 1 aromatic heterocycles. The molecule has 1 aliphatic heterocycles. The number of ether oxygens (including phenoxy) is 2. The van der Waals surface area contributed by atoms with Crippen LogP contribution in [0.15, 0.2) is 34.5 Å². The first kappa shape index (κ1) is 17.4. The second kappa shape index (κ2) is 6.84. The number of sulfonamides is 1. The molecule has 1 aromatic carbocycles. The average molecular weight is 367 g/mol. The van der Waals surface area contributed by atoms with Crippen molar-refractivity contribution in [3.8, 4) is 5.75 Å². The standard InChI is InChI=1S/C17H21NO4S2/c1-12-9-14(10-13(2)17(12)21-3)24(19,20)18-6-7-22-15(11-18)16-5-4-8-23-16/h4-5,8-10,15H,6-7,11H2,1-3H3. The van der Waals surface area contributed by atoms with Crippen molar-refractivity contribution < 1.29 is 17.9 Å². The average Bonchev–Trinajstić information content (AvgIpc) is 3.09. The van der Waals surface area contributed by atoms with Gasteiger partial charge in [-0.2, -0.15) is 4.31 Å². The molecule has 0 bridgehead atoms. The Hall–Kier alpha value is -1.41. The number of benzene rings is 1. The highest BCUT2D eigenvalue weighted by Crippen LogP contribution is 2.31. The van der Waals surface area contributed by atoms with E-state index in [1.54, 1.807) is 30.6 Å². The number of hydrogen-bond donors (Lipinski definition) is 0. The molecule has 24 heavy (non-hydrogen) atoms. The molecule has 1 aliphatic rings. The van der Waals surface area contributed by atoms with Crippen LogP contribution in [-0.4, -0.2) is 39.5 Å². The minimum absolute atomic E-state index is 0.200. The van der Waals surface area contributed by atoms with Gasteiger partial charge < -0.3 is 9.47 Å². The summed E-state index contributed by atoms with van der Waals surface area (Å²) in [5.74, 6) is 0.729. The normalized spacial score (nSPS) is 19.4. The van der Waals surface area contributed by atoms with E-state index in [4.69, 9.17) is 9.47 Å². The Balaban J connectivity index is 1.90. The van der Waals surface area contributed by atoms with E-state index >= 15 is 0 Å². The number of hydrogen-bond acceptors (Lipinski definition) is 5. The van der Waals surface area contributed by atoms with E-state index in [2.05, 4.69) is 0 Å². The Morgan fingerprint density at radius 2 is 2.00 bits per heavy atom. The molecule has 0 aliphatic carbocycles. The SMILES string of the molecule is COc1c(C)cc(S(=O)(=O)N2CCOC(c3cccs3)C2)cc1C. The molecule has 7 heteroatoms. The van der Waals surface area contributed by atoms with Crippen molar-refractivity contribution in [3.63, 3.8) is 0 Å². The van der Waals surface area contributed by atoms with Crippen LogP contribution >= 0.6 is 11.3 Å². The quantitative estimate of drug-likeness (QED) is 0.833. The number of methoxy groups -OCH3 is 1. The van der Waals surface area contributed by atoms with Crippen molar-refractivity contribution in [1.29, 1.82) is 0 Å². The lowest BCUT2D eigenvalue weighted by molar-refractivity contribution is -0.000506. The lowest BCUT2D eigenvalue weighted by Gasteiger charge is -2.32. The third-order valence-corrected chi connectivity index (χ3v) is 6.97. The molecule has 0 radical (unpaired) electrons. The van der Waals surface area contributed by atoms with Gasteiger partial charge in [-0.1, -0.05) is 6.07 Å². The van der Waals surface area contributed by atoms with E-state index in [9.17, 15) is 8.42 Å². The van der Waals surface area contributed by atoms with E-state index in [0.717, 1.165) is 21.8 Å². The highest BCUT2D eigenvalue weighted by molar-refractivity contribution is 7.89. The first-order valence-electron chi connectivity index (χ1n) is 7.74. The summed E-state index contributed by atoms with van der Waals surface area (Å²) < 4.78 is 38.7. The Kier molecular flexibility index (Phi) is 4.96. The van der Waals surface area contributed by atoms with Gasteiger partial charge in [-0.3, -0.25) is 0 Å². The summed E-state index contributed by atoms with van der Waals surface area (Å²) in [5, 5.41) is 1.97. The first-order valence-corrected chi connectivity index (χ1v) is 10.1. The second-order valence-electron chi connectivity index (χ2n) is 5.83. The highest BCUT2D eigenvalue weighted by Gasteiger charge is 2.32. The third-order valence-electron chi connectivity index (χ3n) is 4.17. The van der Waals surface area contributed by atoms with Crippen LogP contribution in [0.2, 0.25) is 0 Å². The Morgan fingerprint density at radius 1 is 1.29 bits per heavy atom. The topological polar surface area (TPSA) is 55.8 Å². The van der Waals surface area contributed by atoms with Crippen molar-refractivity contribution in [3.05, 3.63) is 45.6 Å². The molecule has 1 atom stereocenters. The minimum Gasteiger partial charge on any atom is -0.496 e. The van der Waals surface area contributed by atoms with E-state index in [-0.39, 0.29) is 6.10 Å². The molecule has 1 fully saturated rings. The smallest absolute Gasteiger partial charge is 0.243 e. The van der Waals surface area contributed by atoms with Crippen LogP contribution in [0.4, 0.5) is 0 Å². The first-order chi connectivity index (χ1) is 11.4. The van der Waals surface area contributed by atoms with Gasteiger partial charge in [0, 0.05) is 18.0 Å². The minimum atomic E-state index is -3.55. The van der Waals surface area contributed by atoms with Gasteiger partial charge in [0.05, 0.1) is 18.6 Å². The van der Waals surface area contributed by atoms with Crippen molar-refractivity contribution in [1.82, 2.24) is 4.31 Å². The largest absolute Gasteiger partial charge is 0.496 e. The summed E-state index contributed by atoms with van der Waals surface area (Å²) in [7, 11) is -1.96. The van der Waals surface area contributed by atoms with Gasteiger partial charge in [-0.15, -0.1) is 11.3 Å². The van der Waals surface area contributed by atoms with Gasteiger partial charge in [0.25, 0.3) is 0 Å². The maximum Gasteiger partial charge on any atom is 0.243 e. The van der Waals surface area contributed by atoms with Crippen molar-refractivity contribution in [2.24, 2.45) is 0 Å². The summed E-state index contributed by atoms with van der Waals surface area (Å²) in [6.07, 6.45) is -0.200. The van der Waals surface area contributed by atoms with Crippen LogP contribution in [0.5, 0.6) is 5.75 Å². The van der Waals surface area contributed by atoms with Gasteiger partial charge in [0.15, 0.2) is 0 Å². The van der Waals surface area contributed by atoms with Gasteiger partial charge in [-0.25, -0.2) is 8.42 Å². The lowest BCUT2D eigenvalue weighted by Crippen LogP contribution is -2.42. The van der Waals surface area contributed by atoms with Gasteiger partial charge in [0.2, 0.25) is 10.0 Å². The predicted octanol–water partition coefficient (Wildman–Crippen LogP) is 3.14. The molecule has 1 saturated heterocycles. The van der Waals surface area contributed by atoms with Crippen molar-refractivity contribution in [2.45, 2.75) is 24.8 Å². The van der Waals surface area contributed by atoms with Crippen LogP contribution in [0.1, 0.15) is 22.1 Å². The Bertz CT molecular complexity index is 792. The zero-order chi connectivity index (χ0) is 17.3. The number of rotatable bonds is 4. The lowest BCUT2D eigenvalue weighted by atomic mass is 10.1. The zero-order valence-corrected chi connectivity index (χ0v) is 15.6. The van der Waals surface area contributed by atoms with Gasteiger partial charge >= 0.3 is 0 Å². The van der Waals surface area contributed by atoms with Gasteiger partial charge in [-0.05, 0) is 48.6 Å². The molecule has 130 valence electrons. The molecule has 0 amide bonds. The van der Waals surface area contributed by atoms with Gasteiger partial charge in [0.1, 0.15) is 11.9 Å². The summed E-state index contributed by atoms with van der Waals surface area (Å²) in [5.41, 5.74) is 1.64. The van der Waals surface area contributed by atoms with Crippen LogP contribution in [0, 0.1) is 13.8 Å². The second-order valence-corrected chi connectivity index (χ2v) is 8.75. The fraction of sp³-hybridized carbons (Fsp3) is 0.412. The summed E-state index contributed by atoms with van der Waals surface area (Å²) in [6, 6.07) is 7.29. The number of thiophene rings is 1. The third kappa shape index (κ3) is 3.21. The number of morpholine rings is 1. The maximum absolute atomic E-state index is 13.0. The van der Waals surface area contributed by atoms with Crippen molar-refractivity contribution >= 4 is 21.4 Å². The fourth-order valence-electron chi connectivity index (χ4n) is 3.02. The molecule has 3 rings (SSSR count). The summed E-state index contributed by atoms with van der Waals surface area (Å²) in [6.45, 7) is 4.83. The molecule has 2 aromatic rings. The highest BCUT2D eigenvalue weighted by atomic mass is 32.2. The molecule has 2 heterocycles. The fourth-order valence-corrected chi connectivity index (χ4v) is 5.38. The summed E-state index contributed by atoms with van der Waals surface area (Å²) >= 11 is 1.58. The molecular formula is C17H21NO4S2. The monoisotopic (exact) mass is 367 g/mol. The van der Waals surface area contributed by atoms with Crippen LogP contribution in [-0.2, 0) is 14.8 Å². The summed E-state index contributed by atoms with van der Waals surface area (Å²) in [4.78, 5) is 1.36. The Labute approximate surface area is 146 Å². The van der Waals surface area contributed by atoms with Crippen molar-refractivity contribution in [2.75, 3.05) is 26.8 Å². The molecule has 0 saturated carbocycles. The zero-order valence-electron chi connectivity index (χ0n) is 14.0. The van der Waals surface area contributed by atoms with E-state index < -0.39 is 10.0 Å². The van der Waals surface area contributed by atoms with Crippen LogP contribution < -0.4 is 4.74 Å². The molecule has 0 spiro atoms.